The van der Waals surface area contributed by atoms with Crippen LogP contribution in [0.5, 0.6) is 17.2 Å². The first-order valence-electron chi connectivity index (χ1n) is 11.5. The Labute approximate surface area is 217 Å². The highest BCUT2D eigenvalue weighted by molar-refractivity contribution is 7.86. The minimum absolute atomic E-state index is 0.0242. The molecule has 0 saturated carbocycles. The van der Waals surface area contributed by atoms with Crippen molar-refractivity contribution in [2.24, 2.45) is 0 Å². The summed E-state index contributed by atoms with van der Waals surface area (Å²) in [6.07, 6.45) is 3.59. The summed E-state index contributed by atoms with van der Waals surface area (Å²) in [4.78, 5) is 0. The standard InChI is InChI=1S/C26H30O9S2/c1-4-5-12-33-25-11-8-19(15-26(25)35-37(3,31)32)24-14-20(16-27)23(13-21(24)17-28)18-6-9-22(10-7-18)34-36(2,29)30/h6-11,13-15,27-28H,4-5,12,16-17H2,1-3H3. The molecule has 11 heteroatoms. The summed E-state index contributed by atoms with van der Waals surface area (Å²) in [6.45, 7) is 1.76. The second-order valence-electron chi connectivity index (χ2n) is 8.45. The van der Waals surface area contributed by atoms with E-state index < -0.39 is 20.2 Å². The van der Waals surface area contributed by atoms with Crippen molar-refractivity contribution in [3.05, 3.63) is 65.7 Å². The second-order valence-corrected chi connectivity index (χ2v) is 11.6. The quantitative estimate of drug-likeness (QED) is 0.254. The van der Waals surface area contributed by atoms with Gasteiger partial charge >= 0.3 is 20.2 Å². The molecule has 0 heterocycles. The first kappa shape index (κ1) is 28.5. The molecule has 2 N–H and O–H groups in total. The molecule has 0 bridgehead atoms. The molecule has 0 amide bonds. The largest absolute Gasteiger partial charge is 0.490 e. The summed E-state index contributed by atoms with van der Waals surface area (Å²) in [5.41, 5.74) is 3.50. The molecule has 3 aromatic rings. The van der Waals surface area contributed by atoms with Crippen molar-refractivity contribution in [1.29, 1.82) is 0 Å². The number of ether oxygens (including phenoxy) is 1. The van der Waals surface area contributed by atoms with Gasteiger partial charge in [0, 0.05) is 0 Å². The van der Waals surface area contributed by atoms with Gasteiger partial charge < -0.3 is 23.3 Å². The third-order valence-electron chi connectivity index (χ3n) is 5.33. The van der Waals surface area contributed by atoms with Gasteiger partial charge in [-0.05, 0) is 76.2 Å². The van der Waals surface area contributed by atoms with Gasteiger partial charge in [0.15, 0.2) is 11.5 Å². The van der Waals surface area contributed by atoms with E-state index in [2.05, 4.69) is 0 Å². The number of benzene rings is 3. The van der Waals surface area contributed by atoms with E-state index in [-0.39, 0.29) is 30.5 Å². The van der Waals surface area contributed by atoms with Gasteiger partial charge in [-0.1, -0.05) is 31.5 Å². The highest BCUT2D eigenvalue weighted by atomic mass is 32.2. The van der Waals surface area contributed by atoms with Gasteiger partial charge in [-0.3, -0.25) is 0 Å². The Kier molecular flexibility index (Phi) is 9.19. The highest BCUT2D eigenvalue weighted by Gasteiger charge is 2.17. The molecule has 0 aliphatic heterocycles. The number of hydrogen-bond donors (Lipinski definition) is 2. The first-order chi connectivity index (χ1) is 17.4. The normalized spacial score (nSPS) is 11.8. The van der Waals surface area contributed by atoms with Crippen LogP contribution in [0.3, 0.4) is 0 Å². The fourth-order valence-corrected chi connectivity index (χ4v) is 4.62. The Morgan fingerprint density at radius 3 is 1.76 bits per heavy atom. The maximum absolute atomic E-state index is 11.9. The van der Waals surface area contributed by atoms with Gasteiger partial charge in [0.2, 0.25) is 0 Å². The SMILES string of the molecule is CCCCOc1ccc(-c2cc(CO)c(-c3ccc(OS(C)(=O)=O)cc3)cc2CO)cc1OS(C)(=O)=O. The van der Waals surface area contributed by atoms with Crippen LogP contribution in [0.2, 0.25) is 0 Å². The predicted molar refractivity (Wildman–Crippen MR) is 141 cm³/mol. The van der Waals surface area contributed by atoms with E-state index in [0.717, 1.165) is 25.4 Å². The molecule has 0 aliphatic carbocycles. The third kappa shape index (κ3) is 7.93. The molecule has 200 valence electrons. The molecule has 0 aromatic heterocycles. The zero-order chi connectivity index (χ0) is 27.2. The summed E-state index contributed by atoms with van der Waals surface area (Å²) in [5.74, 6) is 0.454. The lowest BCUT2D eigenvalue weighted by Crippen LogP contribution is -2.08. The van der Waals surface area contributed by atoms with Crippen LogP contribution in [0.1, 0.15) is 30.9 Å². The Morgan fingerprint density at radius 2 is 1.24 bits per heavy atom. The van der Waals surface area contributed by atoms with Gasteiger partial charge in [-0.25, -0.2) is 0 Å². The van der Waals surface area contributed by atoms with Crippen LogP contribution < -0.4 is 13.1 Å². The maximum atomic E-state index is 11.9. The monoisotopic (exact) mass is 550 g/mol. The van der Waals surface area contributed by atoms with E-state index in [1.54, 1.807) is 36.4 Å². The van der Waals surface area contributed by atoms with Crippen LogP contribution in [-0.2, 0) is 33.5 Å². The Balaban J connectivity index is 2.06. The van der Waals surface area contributed by atoms with Crippen molar-refractivity contribution in [2.75, 3.05) is 19.1 Å². The van der Waals surface area contributed by atoms with Crippen molar-refractivity contribution >= 4 is 20.2 Å². The summed E-state index contributed by atoms with van der Waals surface area (Å²) < 4.78 is 62.2. The first-order valence-corrected chi connectivity index (χ1v) is 15.1. The molecule has 0 saturated heterocycles. The number of hydrogen-bond acceptors (Lipinski definition) is 9. The number of unbranched alkanes of at least 4 members (excludes halogenated alkanes) is 1. The molecule has 0 unspecified atom stereocenters. The molecule has 3 aromatic carbocycles. The fourth-order valence-electron chi connectivity index (χ4n) is 3.70. The molecule has 3 rings (SSSR count). The van der Waals surface area contributed by atoms with Crippen molar-refractivity contribution < 1.29 is 40.2 Å². The summed E-state index contributed by atoms with van der Waals surface area (Å²) in [7, 11) is -7.50. The van der Waals surface area contributed by atoms with Crippen LogP contribution in [0.4, 0.5) is 0 Å². The average molecular weight is 551 g/mol. The van der Waals surface area contributed by atoms with E-state index in [9.17, 15) is 27.0 Å². The minimum Gasteiger partial charge on any atom is -0.490 e. The fraction of sp³-hybridized carbons (Fsp3) is 0.308. The molecular weight excluding hydrogens is 520 g/mol. The Morgan fingerprint density at radius 1 is 0.703 bits per heavy atom. The maximum Gasteiger partial charge on any atom is 0.306 e. The lowest BCUT2D eigenvalue weighted by atomic mass is 9.91. The van der Waals surface area contributed by atoms with Gasteiger partial charge in [0.1, 0.15) is 5.75 Å². The molecule has 9 nitrogen and oxygen atoms in total. The van der Waals surface area contributed by atoms with E-state index in [4.69, 9.17) is 13.1 Å². The zero-order valence-electron chi connectivity index (χ0n) is 20.8. The van der Waals surface area contributed by atoms with Crippen molar-refractivity contribution in [3.8, 4) is 39.5 Å². The Bertz CT molecular complexity index is 1450. The third-order valence-corrected chi connectivity index (χ3v) is 6.31. The predicted octanol–water partition coefficient (Wildman–Crippen LogP) is 3.86. The lowest BCUT2D eigenvalue weighted by Gasteiger charge is -2.17. The zero-order valence-corrected chi connectivity index (χ0v) is 22.4. The number of aliphatic hydroxyl groups excluding tert-OH is 2. The number of rotatable bonds is 12. The van der Waals surface area contributed by atoms with E-state index in [1.807, 2.05) is 6.92 Å². The van der Waals surface area contributed by atoms with Crippen molar-refractivity contribution in [1.82, 2.24) is 0 Å². The van der Waals surface area contributed by atoms with E-state index in [0.29, 0.717) is 40.0 Å². The summed E-state index contributed by atoms with van der Waals surface area (Å²) in [5, 5.41) is 20.2. The van der Waals surface area contributed by atoms with Gasteiger partial charge in [0.25, 0.3) is 0 Å². The van der Waals surface area contributed by atoms with Crippen molar-refractivity contribution in [3.63, 3.8) is 0 Å². The van der Waals surface area contributed by atoms with Gasteiger partial charge in [-0.2, -0.15) is 16.8 Å². The van der Waals surface area contributed by atoms with Crippen LogP contribution >= 0.6 is 0 Å². The average Bonchev–Trinajstić information content (AvgIpc) is 2.83. The molecule has 0 atom stereocenters. The van der Waals surface area contributed by atoms with E-state index in [1.165, 1.54) is 18.2 Å². The number of aliphatic hydroxyl groups is 2. The van der Waals surface area contributed by atoms with E-state index >= 15 is 0 Å². The Hall–Kier alpha value is -3.12. The van der Waals surface area contributed by atoms with Gasteiger partial charge in [0.05, 0.1) is 32.3 Å². The topological polar surface area (TPSA) is 136 Å². The molecule has 37 heavy (non-hydrogen) atoms. The van der Waals surface area contributed by atoms with Crippen LogP contribution in [0.15, 0.2) is 54.6 Å². The van der Waals surface area contributed by atoms with Crippen LogP contribution in [0.25, 0.3) is 22.3 Å². The summed E-state index contributed by atoms with van der Waals surface area (Å²) >= 11 is 0. The smallest absolute Gasteiger partial charge is 0.306 e. The molecular formula is C26H30O9S2. The summed E-state index contributed by atoms with van der Waals surface area (Å²) in [6, 6.07) is 14.6. The second kappa shape index (κ2) is 12.0. The highest BCUT2D eigenvalue weighted by Crippen LogP contribution is 2.38. The van der Waals surface area contributed by atoms with Crippen LogP contribution in [-0.4, -0.2) is 46.2 Å². The molecule has 0 fully saturated rings. The van der Waals surface area contributed by atoms with Gasteiger partial charge in [-0.15, -0.1) is 0 Å². The molecule has 0 aliphatic rings. The molecule has 0 radical (unpaired) electrons. The van der Waals surface area contributed by atoms with Crippen molar-refractivity contribution in [2.45, 2.75) is 33.0 Å². The molecule has 0 spiro atoms. The minimum atomic E-state index is -3.83. The van der Waals surface area contributed by atoms with Crippen LogP contribution in [0, 0.1) is 0 Å². The lowest BCUT2D eigenvalue weighted by molar-refractivity contribution is 0.279.